The van der Waals surface area contributed by atoms with E-state index in [0.29, 0.717) is 27.1 Å². The van der Waals surface area contributed by atoms with Crippen LogP contribution in [0.1, 0.15) is 12.5 Å². The monoisotopic (exact) mass is 301 g/mol. The first-order chi connectivity index (χ1) is 8.52. The Morgan fingerprint density at radius 2 is 2.06 bits per heavy atom. The van der Waals surface area contributed by atoms with E-state index in [9.17, 15) is 9.59 Å². The standard InChI is InChI=1S/C12H9Cl2NO2S/c1-2-15-11(16)10(18-12(15)17)5-7-3-4-8(13)6-9(7)14/h3-6H,2H2,1H3/b10-5-. The van der Waals surface area contributed by atoms with Crippen molar-refractivity contribution < 1.29 is 9.59 Å². The van der Waals surface area contributed by atoms with E-state index in [1.54, 1.807) is 31.2 Å². The highest BCUT2D eigenvalue weighted by atomic mass is 35.5. The van der Waals surface area contributed by atoms with Crippen molar-refractivity contribution in [3.05, 3.63) is 38.7 Å². The molecule has 2 rings (SSSR count). The summed E-state index contributed by atoms with van der Waals surface area (Å²) >= 11 is 12.7. The Morgan fingerprint density at radius 1 is 1.33 bits per heavy atom. The van der Waals surface area contributed by atoms with Gasteiger partial charge in [0.1, 0.15) is 0 Å². The van der Waals surface area contributed by atoms with Crippen molar-refractivity contribution in [1.82, 2.24) is 4.90 Å². The van der Waals surface area contributed by atoms with Crippen molar-refractivity contribution in [2.75, 3.05) is 6.54 Å². The Morgan fingerprint density at radius 3 is 2.61 bits per heavy atom. The molecule has 1 aromatic carbocycles. The van der Waals surface area contributed by atoms with Gasteiger partial charge in [-0.25, -0.2) is 0 Å². The lowest BCUT2D eigenvalue weighted by atomic mass is 10.2. The van der Waals surface area contributed by atoms with Crippen LogP contribution in [0.4, 0.5) is 4.79 Å². The molecule has 0 N–H and O–H groups in total. The van der Waals surface area contributed by atoms with E-state index in [0.717, 1.165) is 11.8 Å². The first-order valence-corrected chi connectivity index (χ1v) is 6.80. The summed E-state index contributed by atoms with van der Waals surface area (Å²) in [6.45, 7) is 2.13. The smallest absolute Gasteiger partial charge is 0.269 e. The summed E-state index contributed by atoms with van der Waals surface area (Å²) in [6, 6.07) is 4.99. The van der Waals surface area contributed by atoms with E-state index < -0.39 is 0 Å². The number of thioether (sulfide) groups is 1. The lowest BCUT2D eigenvalue weighted by Gasteiger charge is -2.07. The molecule has 0 aliphatic carbocycles. The van der Waals surface area contributed by atoms with E-state index >= 15 is 0 Å². The van der Waals surface area contributed by atoms with Gasteiger partial charge in [0.2, 0.25) is 0 Å². The molecule has 1 heterocycles. The van der Waals surface area contributed by atoms with Gasteiger partial charge in [0, 0.05) is 16.6 Å². The minimum absolute atomic E-state index is 0.251. The molecule has 2 amide bonds. The third-order valence-electron chi connectivity index (χ3n) is 2.44. The van der Waals surface area contributed by atoms with Crippen LogP contribution >= 0.6 is 35.0 Å². The molecule has 0 bridgehead atoms. The highest BCUT2D eigenvalue weighted by molar-refractivity contribution is 8.18. The molecule has 18 heavy (non-hydrogen) atoms. The summed E-state index contributed by atoms with van der Waals surface area (Å²) in [5, 5.41) is 0.725. The summed E-state index contributed by atoms with van der Waals surface area (Å²) in [5.41, 5.74) is 0.669. The van der Waals surface area contributed by atoms with E-state index in [1.807, 2.05) is 0 Å². The van der Waals surface area contributed by atoms with Gasteiger partial charge in [0.05, 0.1) is 4.91 Å². The van der Waals surface area contributed by atoms with Crippen molar-refractivity contribution in [2.24, 2.45) is 0 Å². The fraction of sp³-hybridized carbons (Fsp3) is 0.167. The van der Waals surface area contributed by atoms with E-state index in [2.05, 4.69) is 0 Å². The number of hydrogen-bond acceptors (Lipinski definition) is 3. The fourth-order valence-corrected chi connectivity index (χ4v) is 2.89. The van der Waals surface area contributed by atoms with Crippen LogP contribution in [0.25, 0.3) is 6.08 Å². The number of rotatable bonds is 2. The van der Waals surface area contributed by atoms with Crippen molar-refractivity contribution in [2.45, 2.75) is 6.92 Å². The molecule has 6 heteroatoms. The molecule has 0 unspecified atom stereocenters. The van der Waals surface area contributed by atoms with Crippen molar-refractivity contribution in [3.63, 3.8) is 0 Å². The van der Waals surface area contributed by atoms with Crippen molar-refractivity contribution >= 4 is 52.2 Å². The average molecular weight is 302 g/mol. The fourth-order valence-electron chi connectivity index (χ4n) is 1.53. The zero-order valence-electron chi connectivity index (χ0n) is 9.44. The summed E-state index contributed by atoms with van der Waals surface area (Å²) in [7, 11) is 0. The summed E-state index contributed by atoms with van der Waals surface area (Å²) in [5.74, 6) is -0.279. The summed E-state index contributed by atoms with van der Waals surface area (Å²) in [6.07, 6.45) is 1.61. The zero-order chi connectivity index (χ0) is 13.3. The van der Waals surface area contributed by atoms with Gasteiger partial charge in [-0.1, -0.05) is 29.3 Å². The number of amides is 2. The summed E-state index contributed by atoms with van der Waals surface area (Å²) in [4.78, 5) is 25.0. The Balaban J connectivity index is 2.35. The molecule has 0 radical (unpaired) electrons. The highest BCUT2D eigenvalue weighted by Crippen LogP contribution is 2.33. The van der Waals surface area contributed by atoms with Crippen LogP contribution in [0.15, 0.2) is 23.1 Å². The molecule has 3 nitrogen and oxygen atoms in total. The normalized spacial score (nSPS) is 17.9. The topological polar surface area (TPSA) is 37.4 Å². The zero-order valence-corrected chi connectivity index (χ0v) is 11.8. The van der Waals surface area contributed by atoms with Crippen LogP contribution in [-0.4, -0.2) is 22.6 Å². The molecule has 0 aromatic heterocycles. The molecule has 0 saturated carbocycles. The molecular formula is C12H9Cl2NO2S. The Bertz CT molecular complexity index is 557. The van der Waals surface area contributed by atoms with Crippen LogP contribution in [0.3, 0.4) is 0 Å². The molecule has 1 fully saturated rings. The molecule has 1 aliphatic heterocycles. The van der Waals surface area contributed by atoms with Crippen molar-refractivity contribution in [3.8, 4) is 0 Å². The molecule has 0 atom stereocenters. The Labute approximate surface area is 119 Å². The molecule has 94 valence electrons. The van der Waals surface area contributed by atoms with Crippen LogP contribution in [0, 0.1) is 0 Å². The molecular weight excluding hydrogens is 293 g/mol. The Hall–Kier alpha value is -0.970. The van der Waals surface area contributed by atoms with Gasteiger partial charge in [-0.15, -0.1) is 0 Å². The SMILES string of the molecule is CCN1C(=O)S/C(=C\c2ccc(Cl)cc2Cl)C1=O. The van der Waals surface area contributed by atoms with Crippen molar-refractivity contribution in [1.29, 1.82) is 0 Å². The molecule has 0 spiro atoms. The van der Waals surface area contributed by atoms with Crippen LogP contribution in [-0.2, 0) is 4.79 Å². The lowest BCUT2D eigenvalue weighted by Crippen LogP contribution is -2.27. The van der Waals surface area contributed by atoms with E-state index in [-0.39, 0.29) is 11.1 Å². The third-order valence-corrected chi connectivity index (χ3v) is 3.91. The quantitative estimate of drug-likeness (QED) is 0.773. The van der Waals surface area contributed by atoms with E-state index in [4.69, 9.17) is 23.2 Å². The van der Waals surface area contributed by atoms with E-state index in [1.165, 1.54) is 4.90 Å². The highest BCUT2D eigenvalue weighted by Gasteiger charge is 2.33. The molecule has 1 saturated heterocycles. The van der Waals surface area contributed by atoms with Gasteiger partial charge in [-0.3, -0.25) is 14.5 Å². The van der Waals surface area contributed by atoms with Gasteiger partial charge in [-0.2, -0.15) is 0 Å². The number of likely N-dealkylation sites (N-methyl/N-ethyl adjacent to an activating group) is 1. The van der Waals surface area contributed by atoms with Gasteiger partial charge < -0.3 is 0 Å². The third kappa shape index (κ3) is 2.55. The van der Waals surface area contributed by atoms with Crippen LogP contribution in [0.2, 0.25) is 10.0 Å². The number of imide groups is 1. The predicted molar refractivity (Wildman–Crippen MR) is 74.8 cm³/mol. The maximum absolute atomic E-state index is 11.9. The Kier molecular flexibility index (Phi) is 4.00. The second-order valence-electron chi connectivity index (χ2n) is 3.59. The second-order valence-corrected chi connectivity index (χ2v) is 5.43. The second kappa shape index (κ2) is 5.34. The van der Waals surface area contributed by atoms with Gasteiger partial charge >= 0.3 is 0 Å². The van der Waals surface area contributed by atoms with Gasteiger partial charge in [0.15, 0.2) is 0 Å². The number of benzene rings is 1. The van der Waals surface area contributed by atoms with Gasteiger partial charge in [0.25, 0.3) is 11.1 Å². The lowest BCUT2D eigenvalue weighted by molar-refractivity contribution is -0.122. The first kappa shape index (κ1) is 13.5. The molecule has 1 aromatic rings. The van der Waals surface area contributed by atoms with Crippen LogP contribution in [0.5, 0.6) is 0 Å². The minimum atomic E-state index is -0.279. The number of carbonyl (C=O) groups is 2. The van der Waals surface area contributed by atoms with Gasteiger partial charge in [-0.05, 0) is 42.5 Å². The first-order valence-electron chi connectivity index (χ1n) is 5.23. The predicted octanol–water partition coefficient (Wildman–Crippen LogP) is 4.05. The maximum Gasteiger partial charge on any atom is 0.293 e. The largest absolute Gasteiger partial charge is 0.293 e. The minimum Gasteiger partial charge on any atom is -0.269 e. The maximum atomic E-state index is 11.9. The number of hydrogen-bond donors (Lipinski definition) is 0. The molecule has 1 aliphatic rings. The average Bonchev–Trinajstić information content (AvgIpc) is 2.58. The van der Waals surface area contributed by atoms with Crippen LogP contribution < -0.4 is 0 Å². The number of halogens is 2. The number of carbonyl (C=O) groups excluding carboxylic acids is 2. The summed E-state index contributed by atoms with van der Waals surface area (Å²) < 4.78 is 0. The number of nitrogens with zero attached hydrogens (tertiary/aromatic N) is 1.